The number of carbonyl (C=O) groups is 1. The average Bonchev–Trinajstić information content (AvgIpc) is 2.71. The normalized spacial score (nSPS) is 10.6. The Morgan fingerprint density at radius 2 is 1.86 bits per heavy atom. The van der Waals surface area contributed by atoms with Crippen LogP contribution in [-0.4, -0.2) is 21.6 Å². The zero-order valence-corrected chi connectivity index (χ0v) is 17.4. The van der Waals surface area contributed by atoms with E-state index in [0.29, 0.717) is 24.6 Å². The van der Waals surface area contributed by atoms with Gasteiger partial charge in [0, 0.05) is 23.4 Å². The van der Waals surface area contributed by atoms with Crippen molar-refractivity contribution in [3.63, 3.8) is 0 Å². The molecule has 1 amide bonds. The molecular formula is C21H20BrN3O4. The van der Waals surface area contributed by atoms with Gasteiger partial charge in [0.05, 0.1) is 12.3 Å². The molecule has 0 aliphatic rings. The number of carbonyl (C=O) groups excluding carboxylic acids is 1. The Balaban J connectivity index is 1.77. The summed E-state index contributed by atoms with van der Waals surface area (Å²) in [5, 5.41) is 2.75. The first-order valence-electron chi connectivity index (χ1n) is 9.05. The molecule has 0 atom stereocenters. The minimum Gasteiger partial charge on any atom is -0.492 e. The molecule has 0 aliphatic heterocycles. The summed E-state index contributed by atoms with van der Waals surface area (Å²) in [6.07, 6.45) is 2.88. The molecule has 0 aliphatic carbocycles. The molecule has 2 aromatic carbocycles. The second-order valence-electron chi connectivity index (χ2n) is 6.21. The van der Waals surface area contributed by atoms with Gasteiger partial charge in [-0.2, -0.15) is 0 Å². The first kappa shape index (κ1) is 20.6. The van der Waals surface area contributed by atoms with Crippen LogP contribution in [0, 0.1) is 0 Å². The van der Waals surface area contributed by atoms with Crippen LogP contribution in [0.15, 0.2) is 75.0 Å². The fourth-order valence-corrected chi connectivity index (χ4v) is 3.26. The van der Waals surface area contributed by atoms with E-state index in [1.807, 2.05) is 31.2 Å². The van der Waals surface area contributed by atoms with Gasteiger partial charge in [-0.25, -0.2) is 0 Å². The van der Waals surface area contributed by atoms with Crippen molar-refractivity contribution in [2.24, 2.45) is 0 Å². The number of hydrogen-bond donors (Lipinski definition) is 1. The van der Waals surface area contributed by atoms with Crippen LogP contribution < -0.4 is 21.2 Å². The van der Waals surface area contributed by atoms with Gasteiger partial charge in [0.1, 0.15) is 12.3 Å². The molecule has 150 valence electrons. The van der Waals surface area contributed by atoms with Crippen molar-refractivity contribution in [2.45, 2.75) is 20.0 Å². The van der Waals surface area contributed by atoms with Crippen molar-refractivity contribution in [3.05, 3.63) is 91.7 Å². The smallest absolute Gasteiger partial charge is 0.321 e. The Hall–Kier alpha value is -3.13. The number of amides is 1. The molecule has 3 rings (SSSR count). The van der Waals surface area contributed by atoms with Gasteiger partial charge < -0.3 is 10.1 Å². The van der Waals surface area contributed by atoms with Crippen molar-refractivity contribution in [1.82, 2.24) is 14.5 Å². The Kier molecular flexibility index (Phi) is 6.66. The zero-order valence-electron chi connectivity index (χ0n) is 15.8. The molecule has 0 bridgehead atoms. The minimum absolute atomic E-state index is 0.240. The molecule has 0 fully saturated rings. The van der Waals surface area contributed by atoms with Crippen LogP contribution in [0.4, 0.5) is 0 Å². The van der Waals surface area contributed by atoms with Gasteiger partial charge in [-0.1, -0.05) is 40.2 Å². The summed E-state index contributed by atoms with van der Waals surface area (Å²) >= 11 is 3.38. The minimum atomic E-state index is -0.781. The second kappa shape index (κ2) is 9.38. The largest absolute Gasteiger partial charge is 0.492 e. The summed E-state index contributed by atoms with van der Waals surface area (Å²) in [6, 6.07) is 14.5. The molecule has 0 unspecified atom stereocenters. The highest BCUT2D eigenvalue weighted by molar-refractivity contribution is 9.10. The molecule has 0 radical (unpaired) electrons. The topological polar surface area (TPSA) is 82.3 Å². The Labute approximate surface area is 175 Å². The predicted octanol–water partition coefficient (Wildman–Crippen LogP) is 2.48. The monoisotopic (exact) mass is 457 g/mol. The maximum atomic E-state index is 12.6. The Bertz CT molecular complexity index is 1140. The van der Waals surface area contributed by atoms with Gasteiger partial charge in [-0.05, 0) is 36.8 Å². The Morgan fingerprint density at radius 3 is 2.62 bits per heavy atom. The van der Waals surface area contributed by atoms with E-state index in [4.69, 9.17) is 4.74 Å². The third kappa shape index (κ3) is 5.03. The van der Waals surface area contributed by atoms with Gasteiger partial charge in [-0.3, -0.25) is 23.5 Å². The van der Waals surface area contributed by atoms with Crippen LogP contribution in [0.3, 0.4) is 0 Å². The predicted molar refractivity (Wildman–Crippen MR) is 113 cm³/mol. The third-order valence-electron chi connectivity index (χ3n) is 4.18. The SMILES string of the molecule is CCOc1ccccc1-n1ccn(CC(=O)NCc2cccc(Br)c2)c(=O)c1=O. The van der Waals surface area contributed by atoms with Crippen LogP contribution in [-0.2, 0) is 17.9 Å². The van der Waals surface area contributed by atoms with E-state index in [2.05, 4.69) is 21.2 Å². The standard InChI is InChI=1S/C21H20BrN3O4/c1-2-29-18-9-4-3-8-17(18)25-11-10-24(20(27)21(25)28)14-19(26)23-13-15-6-5-7-16(22)12-15/h3-12H,2,13-14H2,1H3,(H,23,26). The van der Waals surface area contributed by atoms with Gasteiger partial charge in [0.2, 0.25) is 5.91 Å². The maximum absolute atomic E-state index is 12.6. The van der Waals surface area contributed by atoms with E-state index in [0.717, 1.165) is 14.6 Å². The van der Waals surface area contributed by atoms with Crippen molar-refractivity contribution < 1.29 is 9.53 Å². The molecule has 0 saturated carbocycles. The van der Waals surface area contributed by atoms with E-state index < -0.39 is 11.1 Å². The number of ether oxygens (including phenoxy) is 1. The number of aromatic nitrogens is 2. The summed E-state index contributed by atoms with van der Waals surface area (Å²) in [5.74, 6) is 0.139. The molecule has 0 saturated heterocycles. The van der Waals surface area contributed by atoms with Crippen molar-refractivity contribution >= 4 is 21.8 Å². The summed E-state index contributed by atoms with van der Waals surface area (Å²) in [7, 11) is 0. The highest BCUT2D eigenvalue weighted by Crippen LogP contribution is 2.20. The first-order chi connectivity index (χ1) is 14.0. The highest BCUT2D eigenvalue weighted by Gasteiger charge is 2.12. The van der Waals surface area contributed by atoms with Gasteiger partial charge in [0.15, 0.2) is 0 Å². The van der Waals surface area contributed by atoms with E-state index in [1.54, 1.807) is 24.3 Å². The number of nitrogens with zero attached hydrogens (tertiary/aromatic N) is 2. The number of halogens is 1. The quantitative estimate of drug-likeness (QED) is 0.552. The van der Waals surface area contributed by atoms with Crippen LogP contribution in [0.25, 0.3) is 5.69 Å². The van der Waals surface area contributed by atoms with E-state index in [9.17, 15) is 14.4 Å². The lowest BCUT2D eigenvalue weighted by atomic mass is 10.2. The fraction of sp³-hybridized carbons (Fsp3) is 0.190. The third-order valence-corrected chi connectivity index (χ3v) is 4.67. The highest BCUT2D eigenvalue weighted by atomic mass is 79.9. The number of rotatable bonds is 7. The molecule has 0 spiro atoms. The molecule has 3 aromatic rings. The number of benzene rings is 2. The number of hydrogen-bond acceptors (Lipinski definition) is 4. The molecule has 7 nitrogen and oxygen atoms in total. The van der Waals surface area contributed by atoms with Crippen molar-refractivity contribution in [1.29, 1.82) is 0 Å². The number of para-hydroxylation sites is 2. The van der Waals surface area contributed by atoms with Crippen LogP contribution in [0.5, 0.6) is 5.75 Å². The van der Waals surface area contributed by atoms with Crippen molar-refractivity contribution in [3.8, 4) is 11.4 Å². The second-order valence-corrected chi connectivity index (χ2v) is 7.13. The number of nitrogens with one attached hydrogen (secondary N) is 1. The molecule has 1 heterocycles. The molecule has 8 heteroatoms. The van der Waals surface area contributed by atoms with E-state index in [-0.39, 0.29) is 12.5 Å². The van der Waals surface area contributed by atoms with E-state index >= 15 is 0 Å². The summed E-state index contributed by atoms with van der Waals surface area (Å²) in [5.41, 5.74) is -0.137. The van der Waals surface area contributed by atoms with Gasteiger partial charge in [-0.15, -0.1) is 0 Å². The van der Waals surface area contributed by atoms with Crippen LogP contribution in [0.1, 0.15) is 12.5 Å². The first-order valence-corrected chi connectivity index (χ1v) is 9.84. The summed E-state index contributed by atoms with van der Waals surface area (Å²) in [6.45, 7) is 2.35. The fourth-order valence-electron chi connectivity index (χ4n) is 2.81. The van der Waals surface area contributed by atoms with Gasteiger partial charge >= 0.3 is 11.1 Å². The summed E-state index contributed by atoms with van der Waals surface area (Å²) in [4.78, 5) is 37.3. The lowest BCUT2D eigenvalue weighted by Gasteiger charge is -2.13. The van der Waals surface area contributed by atoms with Gasteiger partial charge in [0.25, 0.3) is 0 Å². The average molecular weight is 458 g/mol. The molecule has 29 heavy (non-hydrogen) atoms. The Morgan fingerprint density at radius 1 is 1.07 bits per heavy atom. The van der Waals surface area contributed by atoms with E-state index in [1.165, 1.54) is 17.0 Å². The lowest BCUT2D eigenvalue weighted by Crippen LogP contribution is -2.42. The summed E-state index contributed by atoms with van der Waals surface area (Å²) < 4.78 is 8.76. The van der Waals surface area contributed by atoms with Crippen LogP contribution >= 0.6 is 15.9 Å². The maximum Gasteiger partial charge on any atom is 0.321 e. The molecule has 1 N–H and O–H groups in total. The molecular weight excluding hydrogens is 438 g/mol. The van der Waals surface area contributed by atoms with Crippen molar-refractivity contribution in [2.75, 3.05) is 6.61 Å². The van der Waals surface area contributed by atoms with Crippen LogP contribution in [0.2, 0.25) is 0 Å². The lowest BCUT2D eigenvalue weighted by molar-refractivity contribution is -0.121. The molecule has 1 aromatic heterocycles. The zero-order chi connectivity index (χ0) is 20.8.